The summed E-state index contributed by atoms with van der Waals surface area (Å²) in [5.41, 5.74) is 5.88. The number of esters is 1. The number of ether oxygens (including phenoxy) is 1. The van der Waals surface area contributed by atoms with Gasteiger partial charge >= 0.3 is 5.97 Å². The Kier molecular flexibility index (Phi) is 5.27. The highest BCUT2D eigenvalue weighted by Crippen LogP contribution is 2.34. The Morgan fingerprint density at radius 2 is 1.95 bits per heavy atom. The molecule has 0 aromatic heterocycles. The monoisotopic (exact) mass is 318 g/mol. The SMILES string of the molecule is COC(=O)C1CCCCC1S(=O)(=O)N1CCC(C(C)N)C1. The van der Waals surface area contributed by atoms with Crippen LogP contribution < -0.4 is 5.73 Å². The quantitative estimate of drug-likeness (QED) is 0.771. The molecule has 2 N–H and O–H groups in total. The van der Waals surface area contributed by atoms with Gasteiger partial charge in [0.25, 0.3) is 0 Å². The molecule has 4 atom stereocenters. The number of hydrogen-bond donors (Lipinski definition) is 1. The lowest BCUT2D eigenvalue weighted by Gasteiger charge is -2.32. The molecule has 2 rings (SSSR count). The maximum Gasteiger partial charge on any atom is 0.310 e. The second kappa shape index (κ2) is 6.62. The highest BCUT2D eigenvalue weighted by atomic mass is 32.2. The highest BCUT2D eigenvalue weighted by Gasteiger charge is 2.45. The first kappa shape index (κ1) is 16.7. The van der Waals surface area contributed by atoms with Crippen LogP contribution in [0.15, 0.2) is 0 Å². The number of rotatable bonds is 4. The Morgan fingerprint density at radius 1 is 1.29 bits per heavy atom. The van der Waals surface area contributed by atoms with Gasteiger partial charge in [0.05, 0.1) is 18.3 Å². The van der Waals surface area contributed by atoms with Gasteiger partial charge in [0, 0.05) is 19.1 Å². The molecule has 0 radical (unpaired) electrons. The molecule has 7 heteroatoms. The molecule has 1 aliphatic heterocycles. The Balaban J connectivity index is 2.15. The molecule has 1 saturated heterocycles. The summed E-state index contributed by atoms with van der Waals surface area (Å²) in [4.78, 5) is 11.9. The third-order valence-electron chi connectivity index (χ3n) is 4.88. The second-order valence-electron chi connectivity index (χ2n) is 6.26. The number of carbonyl (C=O) groups is 1. The zero-order valence-electron chi connectivity index (χ0n) is 12.8. The summed E-state index contributed by atoms with van der Waals surface area (Å²) in [5, 5.41) is -0.634. The standard InChI is InChI=1S/C14H26N2O4S/c1-10(15)11-7-8-16(9-11)21(18,19)13-6-4-3-5-12(13)14(17)20-2/h10-13H,3-9,15H2,1-2H3. The Bertz CT molecular complexity index is 477. The van der Waals surface area contributed by atoms with E-state index < -0.39 is 27.2 Å². The molecule has 6 nitrogen and oxygen atoms in total. The number of methoxy groups -OCH3 is 1. The van der Waals surface area contributed by atoms with Crippen LogP contribution >= 0.6 is 0 Å². The first-order valence-electron chi connectivity index (χ1n) is 7.70. The van der Waals surface area contributed by atoms with Crippen LogP contribution in [-0.4, -0.2) is 50.2 Å². The third-order valence-corrected chi connectivity index (χ3v) is 7.26. The predicted molar refractivity (Wildman–Crippen MR) is 80.0 cm³/mol. The van der Waals surface area contributed by atoms with Gasteiger partial charge in [-0.25, -0.2) is 12.7 Å². The van der Waals surface area contributed by atoms with Gasteiger partial charge in [-0.05, 0) is 32.1 Å². The second-order valence-corrected chi connectivity index (χ2v) is 8.42. The molecule has 2 fully saturated rings. The Labute approximate surface area is 127 Å². The van der Waals surface area contributed by atoms with Crippen LogP contribution in [-0.2, 0) is 19.6 Å². The van der Waals surface area contributed by atoms with Crippen LogP contribution in [0.25, 0.3) is 0 Å². The first-order valence-corrected chi connectivity index (χ1v) is 9.20. The smallest absolute Gasteiger partial charge is 0.310 e. The van der Waals surface area contributed by atoms with E-state index in [0.717, 1.165) is 19.3 Å². The van der Waals surface area contributed by atoms with Gasteiger partial charge in [-0.15, -0.1) is 0 Å². The van der Waals surface area contributed by atoms with Crippen LogP contribution in [0.4, 0.5) is 0 Å². The fraction of sp³-hybridized carbons (Fsp3) is 0.929. The lowest BCUT2D eigenvalue weighted by Crippen LogP contribution is -2.45. The molecule has 2 aliphatic rings. The van der Waals surface area contributed by atoms with Crippen molar-refractivity contribution in [2.24, 2.45) is 17.6 Å². The van der Waals surface area contributed by atoms with Crippen molar-refractivity contribution in [1.82, 2.24) is 4.31 Å². The predicted octanol–water partition coefficient (Wildman–Crippen LogP) is 0.717. The fourth-order valence-corrected chi connectivity index (χ4v) is 5.75. The van der Waals surface area contributed by atoms with Crippen molar-refractivity contribution in [1.29, 1.82) is 0 Å². The van der Waals surface area contributed by atoms with E-state index in [1.807, 2.05) is 6.92 Å². The normalized spacial score (nSPS) is 32.8. The van der Waals surface area contributed by atoms with Gasteiger partial charge in [0.2, 0.25) is 10.0 Å². The summed E-state index contributed by atoms with van der Waals surface area (Å²) in [7, 11) is -2.13. The molecule has 1 saturated carbocycles. The van der Waals surface area contributed by atoms with Gasteiger partial charge in [-0.3, -0.25) is 4.79 Å². The minimum absolute atomic E-state index is 0.00652. The third kappa shape index (κ3) is 3.40. The van der Waals surface area contributed by atoms with Crippen molar-refractivity contribution in [3.05, 3.63) is 0 Å². The van der Waals surface area contributed by atoms with Gasteiger partial charge < -0.3 is 10.5 Å². The first-order chi connectivity index (χ1) is 9.87. The van der Waals surface area contributed by atoms with E-state index in [9.17, 15) is 13.2 Å². The van der Waals surface area contributed by atoms with E-state index >= 15 is 0 Å². The topological polar surface area (TPSA) is 89.7 Å². The van der Waals surface area contributed by atoms with E-state index in [1.165, 1.54) is 11.4 Å². The van der Waals surface area contributed by atoms with Crippen LogP contribution in [0.2, 0.25) is 0 Å². The summed E-state index contributed by atoms with van der Waals surface area (Å²) < 4.78 is 32.1. The lowest BCUT2D eigenvalue weighted by atomic mass is 9.89. The van der Waals surface area contributed by atoms with Crippen molar-refractivity contribution in [2.45, 2.75) is 50.3 Å². The Morgan fingerprint density at radius 3 is 2.52 bits per heavy atom. The maximum atomic E-state index is 12.9. The summed E-state index contributed by atoms with van der Waals surface area (Å²) >= 11 is 0. The molecule has 0 aromatic rings. The molecule has 1 heterocycles. The average Bonchev–Trinajstić information content (AvgIpc) is 2.97. The summed E-state index contributed by atoms with van der Waals surface area (Å²) in [5.74, 6) is -0.714. The van der Waals surface area contributed by atoms with E-state index in [1.54, 1.807) is 0 Å². The molecular weight excluding hydrogens is 292 g/mol. The molecule has 0 spiro atoms. The van der Waals surface area contributed by atoms with Crippen LogP contribution in [0, 0.1) is 11.8 Å². The molecule has 4 unspecified atom stereocenters. The molecular formula is C14H26N2O4S. The van der Waals surface area contributed by atoms with Crippen molar-refractivity contribution in [3.63, 3.8) is 0 Å². The fourth-order valence-electron chi connectivity index (χ4n) is 3.48. The molecule has 21 heavy (non-hydrogen) atoms. The molecule has 1 aliphatic carbocycles. The highest BCUT2D eigenvalue weighted by molar-refractivity contribution is 7.89. The van der Waals surface area contributed by atoms with Gasteiger partial charge in [0.15, 0.2) is 0 Å². The zero-order valence-corrected chi connectivity index (χ0v) is 13.6. The van der Waals surface area contributed by atoms with Crippen LogP contribution in [0.5, 0.6) is 0 Å². The van der Waals surface area contributed by atoms with Crippen molar-refractivity contribution in [3.8, 4) is 0 Å². The largest absolute Gasteiger partial charge is 0.469 e. The van der Waals surface area contributed by atoms with Gasteiger partial charge in [-0.2, -0.15) is 0 Å². The summed E-state index contributed by atoms with van der Waals surface area (Å²) in [6.45, 7) is 2.90. The molecule has 0 amide bonds. The Hall–Kier alpha value is -0.660. The van der Waals surface area contributed by atoms with E-state index in [4.69, 9.17) is 10.5 Å². The summed E-state index contributed by atoms with van der Waals surface area (Å²) in [6.07, 6.45) is 3.67. The summed E-state index contributed by atoms with van der Waals surface area (Å²) in [6, 6.07) is -0.00652. The lowest BCUT2D eigenvalue weighted by molar-refractivity contribution is -0.146. The van der Waals surface area contributed by atoms with Crippen molar-refractivity contribution >= 4 is 16.0 Å². The number of nitrogens with two attached hydrogens (primary N) is 1. The molecule has 0 bridgehead atoms. The minimum Gasteiger partial charge on any atom is -0.469 e. The van der Waals surface area contributed by atoms with Gasteiger partial charge in [0.1, 0.15) is 0 Å². The van der Waals surface area contributed by atoms with E-state index in [2.05, 4.69) is 0 Å². The van der Waals surface area contributed by atoms with E-state index in [-0.39, 0.29) is 12.0 Å². The van der Waals surface area contributed by atoms with E-state index in [0.29, 0.717) is 25.9 Å². The number of carbonyl (C=O) groups excluding carboxylic acids is 1. The maximum absolute atomic E-state index is 12.9. The number of nitrogens with zero attached hydrogens (tertiary/aromatic N) is 1. The van der Waals surface area contributed by atoms with Crippen molar-refractivity contribution < 1.29 is 17.9 Å². The minimum atomic E-state index is -3.46. The number of hydrogen-bond acceptors (Lipinski definition) is 5. The zero-order chi connectivity index (χ0) is 15.6. The van der Waals surface area contributed by atoms with Crippen LogP contribution in [0.1, 0.15) is 39.0 Å². The van der Waals surface area contributed by atoms with Gasteiger partial charge in [-0.1, -0.05) is 12.8 Å². The molecule has 122 valence electrons. The van der Waals surface area contributed by atoms with Crippen molar-refractivity contribution in [2.75, 3.05) is 20.2 Å². The molecule has 0 aromatic carbocycles. The number of sulfonamides is 1. The van der Waals surface area contributed by atoms with Crippen LogP contribution in [0.3, 0.4) is 0 Å². The average molecular weight is 318 g/mol.